The Labute approximate surface area is 116 Å². The minimum Gasteiger partial charge on any atom is -0.379 e. The lowest BCUT2D eigenvalue weighted by Gasteiger charge is -2.35. The highest BCUT2D eigenvalue weighted by Gasteiger charge is 2.53. The van der Waals surface area contributed by atoms with Crippen molar-refractivity contribution in [3.63, 3.8) is 0 Å². The van der Waals surface area contributed by atoms with Crippen molar-refractivity contribution in [2.24, 2.45) is 16.6 Å². The van der Waals surface area contributed by atoms with Gasteiger partial charge >= 0.3 is 0 Å². The van der Waals surface area contributed by atoms with Crippen molar-refractivity contribution in [2.75, 3.05) is 12.4 Å². The molecule has 0 radical (unpaired) electrons. The summed E-state index contributed by atoms with van der Waals surface area (Å²) in [5.74, 6) is 0.797. The quantitative estimate of drug-likeness (QED) is 0.905. The van der Waals surface area contributed by atoms with Gasteiger partial charge in [-0.05, 0) is 12.5 Å². The van der Waals surface area contributed by atoms with E-state index < -0.39 is 5.54 Å². The molecule has 0 spiro atoms. The summed E-state index contributed by atoms with van der Waals surface area (Å²) >= 11 is 1.54. The minimum absolute atomic E-state index is 0.129. The standard InChI is InChI=1S/C14H17FN2OS/c1-2-12-10-7-19-13(16)17-14(10,8-18-12)9-5-3-4-6-11(9)15/h3-6,10,12H,2,7-8H2,1H3,(H2,16,17). The second kappa shape index (κ2) is 4.80. The molecular formula is C14H17FN2OS. The number of nitrogens with two attached hydrogens (primary N) is 1. The second-order valence-electron chi connectivity index (χ2n) is 5.03. The van der Waals surface area contributed by atoms with E-state index in [1.807, 2.05) is 6.07 Å². The van der Waals surface area contributed by atoms with Gasteiger partial charge in [0.15, 0.2) is 5.17 Å². The number of nitrogens with zero attached hydrogens (tertiary/aromatic N) is 1. The summed E-state index contributed by atoms with van der Waals surface area (Å²) < 4.78 is 20.1. The summed E-state index contributed by atoms with van der Waals surface area (Å²) in [5.41, 5.74) is 5.86. The Morgan fingerprint density at radius 3 is 3.05 bits per heavy atom. The lowest BCUT2D eigenvalue weighted by molar-refractivity contribution is 0.0904. The monoisotopic (exact) mass is 280 g/mol. The van der Waals surface area contributed by atoms with Gasteiger partial charge in [0.05, 0.1) is 12.7 Å². The number of benzene rings is 1. The first kappa shape index (κ1) is 12.9. The fraction of sp³-hybridized carbons (Fsp3) is 0.500. The molecule has 3 atom stereocenters. The van der Waals surface area contributed by atoms with Crippen LogP contribution in [0.2, 0.25) is 0 Å². The van der Waals surface area contributed by atoms with Crippen molar-refractivity contribution >= 4 is 16.9 Å². The predicted molar refractivity (Wildman–Crippen MR) is 75.7 cm³/mol. The van der Waals surface area contributed by atoms with Gasteiger partial charge in [0.2, 0.25) is 0 Å². The third-order valence-electron chi connectivity index (χ3n) is 4.04. The normalized spacial score (nSPS) is 33.9. The van der Waals surface area contributed by atoms with Crippen LogP contribution in [0.15, 0.2) is 29.3 Å². The van der Waals surface area contributed by atoms with Gasteiger partial charge in [-0.3, -0.25) is 0 Å². The number of halogens is 1. The van der Waals surface area contributed by atoms with E-state index in [0.29, 0.717) is 17.3 Å². The minimum atomic E-state index is -0.638. The van der Waals surface area contributed by atoms with Crippen LogP contribution in [-0.4, -0.2) is 23.6 Å². The Hall–Kier alpha value is -1.07. The molecule has 3 rings (SSSR count). The smallest absolute Gasteiger partial charge is 0.154 e. The van der Waals surface area contributed by atoms with Crippen molar-refractivity contribution in [1.29, 1.82) is 0 Å². The molecule has 2 N–H and O–H groups in total. The summed E-state index contributed by atoms with van der Waals surface area (Å²) in [6.45, 7) is 2.51. The van der Waals surface area contributed by atoms with Crippen molar-refractivity contribution in [3.8, 4) is 0 Å². The Kier molecular flexibility index (Phi) is 3.27. The van der Waals surface area contributed by atoms with E-state index in [-0.39, 0.29) is 17.8 Å². The van der Waals surface area contributed by atoms with Crippen LogP contribution in [0.1, 0.15) is 18.9 Å². The average molecular weight is 280 g/mol. The topological polar surface area (TPSA) is 47.6 Å². The van der Waals surface area contributed by atoms with Crippen LogP contribution >= 0.6 is 11.8 Å². The van der Waals surface area contributed by atoms with Gasteiger partial charge < -0.3 is 10.5 Å². The largest absolute Gasteiger partial charge is 0.379 e. The molecular weight excluding hydrogens is 263 g/mol. The van der Waals surface area contributed by atoms with Gasteiger partial charge in [0.1, 0.15) is 11.4 Å². The molecule has 2 heterocycles. The third kappa shape index (κ3) is 1.96. The number of rotatable bonds is 2. The maximum Gasteiger partial charge on any atom is 0.154 e. The Bertz CT molecular complexity index is 522. The molecule has 2 aliphatic rings. The highest BCUT2D eigenvalue weighted by Crippen LogP contribution is 2.48. The van der Waals surface area contributed by atoms with Crippen molar-refractivity contribution in [3.05, 3.63) is 35.6 Å². The molecule has 0 aromatic heterocycles. The number of fused-ring (bicyclic) bond motifs is 1. The lowest BCUT2D eigenvalue weighted by atomic mass is 9.78. The zero-order chi connectivity index (χ0) is 13.5. The molecule has 2 aliphatic heterocycles. The molecule has 102 valence electrons. The molecule has 1 aromatic rings. The van der Waals surface area contributed by atoms with Gasteiger partial charge in [0, 0.05) is 17.2 Å². The lowest BCUT2D eigenvalue weighted by Crippen LogP contribution is -2.42. The van der Waals surface area contributed by atoms with Gasteiger partial charge in [-0.2, -0.15) is 0 Å². The molecule has 1 aromatic carbocycles. The Morgan fingerprint density at radius 1 is 1.53 bits per heavy atom. The van der Waals surface area contributed by atoms with E-state index in [2.05, 4.69) is 11.9 Å². The van der Waals surface area contributed by atoms with Crippen LogP contribution in [-0.2, 0) is 10.3 Å². The third-order valence-corrected chi connectivity index (χ3v) is 4.96. The fourth-order valence-electron chi connectivity index (χ4n) is 3.08. The SMILES string of the molecule is CCC1OCC2(c3ccccc3F)N=C(N)SCC12. The number of ether oxygens (including phenoxy) is 1. The highest BCUT2D eigenvalue weighted by atomic mass is 32.2. The van der Waals surface area contributed by atoms with Crippen molar-refractivity contribution in [1.82, 2.24) is 0 Å². The molecule has 0 amide bonds. The number of thioether (sulfide) groups is 1. The van der Waals surface area contributed by atoms with E-state index in [1.54, 1.807) is 12.1 Å². The maximum atomic E-state index is 14.2. The van der Waals surface area contributed by atoms with Gasteiger partial charge in [-0.25, -0.2) is 9.38 Å². The molecule has 1 saturated heterocycles. The molecule has 0 saturated carbocycles. The molecule has 0 aliphatic carbocycles. The maximum absolute atomic E-state index is 14.2. The van der Waals surface area contributed by atoms with Gasteiger partial charge in [0.25, 0.3) is 0 Å². The van der Waals surface area contributed by atoms with Crippen LogP contribution in [0.25, 0.3) is 0 Å². The summed E-state index contributed by atoms with van der Waals surface area (Å²) in [6, 6.07) is 6.82. The van der Waals surface area contributed by atoms with Crippen LogP contribution in [0, 0.1) is 11.7 Å². The van der Waals surface area contributed by atoms with Crippen LogP contribution < -0.4 is 5.73 Å². The van der Waals surface area contributed by atoms with E-state index in [4.69, 9.17) is 10.5 Å². The summed E-state index contributed by atoms with van der Waals surface area (Å²) in [7, 11) is 0. The summed E-state index contributed by atoms with van der Waals surface area (Å²) in [4.78, 5) is 4.60. The van der Waals surface area contributed by atoms with E-state index >= 15 is 0 Å². The predicted octanol–water partition coefficient (Wildman–Crippen LogP) is 2.51. The highest BCUT2D eigenvalue weighted by molar-refractivity contribution is 8.13. The molecule has 3 unspecified atom stereocenters. The van der Waals surface area contributed by atoms with E-state index in [1.165, 1.54) is 17.8 Å². The first-order chi connectivity index (χ1) is 9.17. The van der Waals surface area contributed by atoms with Crippen LogP contribution in [0.5, 0.6) is 0 Å². The first-order valence-electron chi connectivity index (χ1n) is 6.52. The van der Waals surface area contributed by atoms with Crippen LogP contribution in [0.4, 0.5) is 4.39 Å². The van der Waals surface area contributed by atoms with Crippen molar-refractivity contribution in [2.45, 2.75) is 25.0 Å². The Morgan fingerprint density at radius 2 is 2.32 bits per heavy atom. The zero-order valence-electron chi connectivity index (χ0n) is 10.8. The molecule has 0 bridgehead atoms. The zero-order valence-corrected chi connectivity index (χ0v) is 11.6. The molecule has 5 heteroatoms. The fourth-order valence-corrected chi connectivity index (χ4v) is 4.15. The average Bonchev–Trinajstić information content (AvgIpc) is 2.77. The molecule has 3 nitrogen and oxygen atoms in total. The van der Waals surface area contributed by atoms with E-state index in [0.717, 1.165) is 12.2 Å². The molecule has 19 heavy (non-hydrogen) atoms. The number of aliphatic imine (C=N–C) groups is 1. The first-order valence-corrected chi connectivity index (χ1v) is 7.50. The second-order valence-corrected chi connectivity index (χ2v) is 6.07. The van der Waals surface area contributed by atoms with E-state index in [9.17, 15) is 4.39 Å². The van der Waals surface area contributed by atoms with Crippen LogP contribution in [0.3, 0.4) is 0 Å². The number of hydrogen-bond acceptors (Lipinski definition) is 4. The Balaban J connectivity index is 2.13. The molecule has 1 fully saturated rings. The summed E-state index contributed by atoms with van der Waals surface area (Å²) in [6.07, 6.45) is 1.04. The summed E-state index contributed by atoms with van der Waals surface area (Å²) in [5, 5.41) is 0.528. The van der Waals surface area contributed by atoms with Crippen molar-refractivity contribution < 1.29 is 9.13 Å². The number of hydrogen-bond donors (Lipinski definition) is 1. The number of amidine groups is 1. The van der Waals surface area contributed by atoms with Gasteiger partial charge in [-0.15, -0.1) is 0 Å². The van der Waals surface area contributed by atoms with Gasteiger partial charge in [-0.1, -0.05) is 36.9 Å².